The van der Waals surface area contributed by atoms with E-state index in [0.29, 0.717) is 11.1 Å². The Bertz CT molecular complexity index is 1170. The average Bonchev–Trinajstić information content (AvgIpc) is 2.70. The maximum absolute atomic E-state index is 11.9. The van der Waals surface area contributed by atoms with Crippen molar-refractivity contribution in [2.24, 2.45) is 0 Å². The molecule has 148 valence electrons. The van der Waals surface area contributed by atoms with Gasteiger partial charge in [0.1, 0.15) is 0 Å². The minimum absolute atomic E-state index is 0. The fraction of sp³-hybridized carbons (Fsp3) is 0.200. The van der Waals surface area contributed by atoms with Crippen LogP contribution in [0.2, 0.25) is 0 Å². The normalized spacial score (nSPS) is 12.2. The van der Waals surface area contributed by atoms with Gasteiger partial charge >= 0.3 is 29.6 Å². The number of allylic oxidation sites excluding steroid dienone is 1. The van der Waals surface area contributed by atoms with Crippen molar-refractivity contribution in [1.29, 1.82) is 0 Å². The van der Waals surface area contributed by atoms with Crippen LogP contribution in [0.5, 0.6) is 0 Å². The molecule has 3 rings (SSSR count). The third-order valence-corrected chi connectivity index (χ3v) is 4.70. The van der Waals surface area contributed by atoms with Crippen molar-refractivity contribution in [2.75, 3.05) is 20.6 Å². The molecule has 0 fully saturated rings. The van der Waals surface area contributed by atoms with Gasteiger partial charge in [0, 0.05) is 17.6 Å². The zero-order chi connectivity index (χ0) is 21.0. The number of aromatic amines is 1. The van der Waals surface area contributed by atoms with Gasteiger partial charge < -0.3 is 14.7 Å². The number of nitrogens with zero attached hydrogens (tertiary/aromatic N) is 1. The molecule has 1 N–H and O–H groups in total. The number of aromatic nitrogens is 1. The minimum Gasteiger partial charge on any atom is -0.418 e. The largest absolute Gasteiger partial charge is 1.00 e. The van der Waals surface area contributed by atoms with Gasteiger partial charge in [0.05, 0.1) is 0 Å². The Morgan fingerprint density at radius 3 is 2.70 bits per heavy atom. The number of aryl methyl sites for hydroxylation is 1. The summed E-state index contributed by atoms with van der Waals surface area (Å²) in [4.78, 5) is 27.9. The molecule has 0 aliphatic rings. The smallest absolute Gasteiger partial charge is 0.418 e. The van der Waals surface area contributed by atoms with Crippen LogP contribution >= 0.6 is 0 Å². The Kier molecular flexibility index (Phi) is 8.56. The van der Waals surface area contributed by atoms with E-state index in [4.69, 9.17) is 0 Å². The SMILES string of the molecule is C/C([C-]=O)=C/c1[c-]cccc1/C(=C\CN(C)C)c1ccc2[nH]c(=O)c(C)cc2c1.[Na+]. The van der Waals surface area contributed by atoms with Gasteiger partial charge in [-0.2, -0.15) is 0 Å². The van der Waals surface area contributed by atoms with Crippen LogP contribution in [0.3, 0.4) is 0 Å². The van der Waals surface area contributed by atoms with E-state index in [0.717, 1.165) is 39.7 Å². The quantitative estimate of drug-likeness (QED) is 0.379. The van der Waals surface area contributed by atoms with Crippen molar-refractivity contribution in [1.82, 2.24) is 9.88 Å². The third-order valence-electron chi connectivity index (χ3n) is 4.70. The van der Waals surface area contributed by atoms with Gasteiger partial charge in [0.2, 0.25) is 0 Å². The topological polar surface area (TPSA) is 53.2 Å². The summed E-state index contributed by atoms with van der Waals surface area (Å²) < 4.78 is 0. The second-order valence-electron chi connectivity index (χ2n) is 7.39. The second-order valence-corrected chi connectivity index (χ2v) is 7.39. The van der Waals surface area contributed by atoms with Crippen molar-refractivity contribution in [3.8, 4) is 0 Å². The van der Waals surface area contributed by atoms with Crippen molar-refractivity contribution in [3.63, 3.8) is 0 Å². The van der Waals surface area contributed by atoms with Crippen LogP contribution in [0.4, 0.5) is 0 Å². The first-order valence-corrected chi connectivity index (χ1v) is 9.45. The molecule has 5 heteroatoms. The molecule has 0 amide bonds. The number of benzene rings is 2. The summed E-state index contributed by atoms with van der Waals surface area (Å²) >= 11 is 0. The zero-order valence-corrected chi connectivity index (χ0v) is 20.2. The fourth-order valence-corrected chi connectivity index (χ4v) is 3.19. The van der Waals surface area contributed by atoms with E-state index in [-0.39, 0.29) is 35.1 Å². The summed E-state index contributed by atoms with van der Waals surface area (Å²) in [7, 11) is 4.04. The summed E-state index contributed by atoms with van der Waals surface area (Å²) in [6.45, 7) is 4.30. The Balaban J connectivity index is 0.00000320. The number of carbonyl (C=O) groups excluding carboxylic acids is 1. The maximum atomic E-state index is 11.9. The third kappa shape index (κ3) is 5.67. The molecule has 0 aliphatic carbocycles. The molecule has 0 aliphatic heterocycles. The van der Waals surface area contributed by atoms with Crippen LogP contribution in [0, 0.1) is 13.0 Å². The van der Waals surface area contributed by atoms with Crippen LogP contribution in [0.25, 0.3) is 22.6 Å². The van der Waals surface area contributed by atoms with Gasteiger partial charge in [-0.15, -0.1) is 47.0 Å². The summed E-state index contributed by atoms with van der Waals surface area (Å²) in [5.41, 5.74) is 5.86. The molecular weight excluding hydrogens is 383 g/mol. The van der Waals surface area contributed by atoms with E-state index in [1.54, 1.807) is 13.0 Å². The predicted molar refractivity (Wildman–Crippen MR) is 120 cm³/mol. The first kappa shape index (κ1) is 24.0. The van der Waals surface area contributed by atoms with Crippen molar-refractivity contribution in [3.05, 3.63) is 92.8 Å². The van der Waals surface area contributed by atoms with Gasteiger partial charge in [-0.05, 0) is 56.5 Å². The summed E-state index contributed by atoms with van der Waals surface area (Å²) in [5.74, 6) is 0. The van der Waals surface area contributed by atoms with E-state index < -0.39 is 0 Å². The number of fused-ring (bicyclic) bond motifs is 1. The molecule has 0 unspecified atom stereocenters. The average molecular weight is 407 g/mol. The monoisotopic (exact) mass is 407 g/mol. The van der Waals surface area contributed by atoms with E-state index in [9.17, 15) is 9.59 Å². The van der Waals surface area contributed by atoms with Crippen LogP contribution < -0.4 is 35.1 Å². The number of H-pyrrole nitrogens is 1. The molecule has 0 atom stereocenters. The van der Waals surface area contributed by atoms with Crippen LogP contribution in [0.1, 0.15) is 29.2 Å². The Hall–Kier alpha value is -2.24. The summed E-state index contributed by atoms with van der Waals surface area (Å²) in [5, 5.41) is 0.977. The number of hydrogen-bond donors (Lipinski definition) is 1. The zero-order valence-electron chi connectivity index (χ0n) is 18.2. The molecule has 0 saturated carbocycles. The van der Waals surface area contributed by atoms with Crippen LogP contribution in [-0.2, 0) is 4.79 Å². The molecule has 0 radical (unpaired) electrons. The molecule has 0 bridgehead atoms. The minimum atomic E-state index is -0.0701. The molecule has 2 aromatic carbocycles. The van der Waals surface area contributed by atoms with E-state index >= 15 is 0 Å². The Morgan fingerprint density at radius 1 is 1.23 bits per heavy atom. The molecule has 30 heavy (non-hydrogen) atoms. The van der Waals surface area contributed by atoms with Crippen molar-refractivity contribution in [2.45, 2.75) is 13.8 Å². The van der Waals surface area contributed by atoms with E-state index in [1.807, 2.05) is 63.7 Å². The van der Waals surface area contributed by atoms with Gasteiger partial charge in [-0.1, -0.05) is 24.6 Å². The first-order valence-electron chi connectivity index (χ1n) is 9.45. The van der Waals surface area contributed by atoms with Gasteiger partial charge in [0.25, 0.3) is 5.56 Å². The molecule has 0 spiro atoms. The number of hydrogen-bond acceptors (Lipinski definition) is 3. The summed E-state index contributed by atoms with van der Waals surface area (Å²) in [6.07, 6.45) is 5.90. The Morgan fingerprint density at radius 2 is 2.00 bits per heavy atom. The molecule has 1 heterocycles. The van der Waals surface area contributed by atoms with E-state index in [1.165, 1.54) is 0 Å². The van der Waals surface area contributed by atoms with Crippen molar-refractivity contribution >= 4 is 28.8 Å². The first-order chi connectivity index (χ1) is 13.9. The number of nitrogens with one attached hydrogen (secondary N) is 1. The molecule has 3 aromatic rings. The summed E-state index contributed by atoms with van der Waals surface area (Å²) in [6, 6.07) is 17.0. The van der Waals surface area contributed by atoms with Crippen molar-refractivity contribution < 1.29 is 34.4 Å². The number of pyridine rings is 1. The maximum Gasteiger partial charge on any atom is 1.00 e. The molecular formula is C25H24N2NaO2-. The van der Waals surface area contributed by atoms with Gasteiger partial charge in [-0.3, -0.25) is 4.79 Å². The van der Waals surface area contributed by atoms with Crippen LogP contribution in [0.15, 0.2) is 58.9 Å². The van der Waals surface area contributed by atoms with Crippen LogP contribution in [-0.4, -0.2) is 36.8 Å². The number of rotatable bonds is 6. The fourth-order valence-electron chi connectivity index (χ4n) is 3.19. The molecule has 4 nitrogen and oxygen atoms in total. The standard InChI is InChI=1S/C25H24N2O2.Na/c1-17(16-28)13-19-7-5-6-8-22(19)23(11-12-27(3)4)20-9-10-24-21(15-20)14-18(2)25(29)26-24;/h5-6,8-11,13-15H,12H2,1-4H3,(H,26,29);/q-2;+1/b17-13-,23-11-;. The second kappa shape index (κ2) is 10.7. The predicted octanol–water partition coefficient (Wildman–Crippen LogP) is 1.15. The van der Waals surface area contributed by atoms with E-state index in [2.05, 4.69) is 28.1 Å². The molecule has 1 aromatic heterocycles. The van der Waals surface area contributed by atoms with Gasteiger partial charge in [0.15, 0.2) is 0 Å². The Labute approximate surface area is 199 Å². The van der Waals surface area contributed by atoms with Gasteiger partial charge in [-0.25, -0.2) is 0 Å². The molecule has 0 saturated heterocycles. The number of likely N-dealkylation sites (N-methyl/N-ethyl adjacent to an activating group) is 1.